The molecule has 1 N–H and O–H groups in total. The SMILES string of the molecule is N#C/C(=C/c1cc(Br)c(OCc2ccc(Cl)cc2)c(Br)c1)C(=O)NC1CCCC1. The molecule has 0 aromatic heterocycles. The lowest BCUT2D eigenvalue weighted by Crippen LogP contribution is -2.33. The van der Waals surface area contributed by atoms with Gasteiger partial charge in [0, 0.05) is 11.1 Å². The van der Waals surface area contributed by atoms with E-state index >= 15 is 0 Å². The summed E-state index contributed by atoms with van der Waals surface area (Å²) in [7, 11) is 0. The Morgan fingerprint density at radius 3 is 2.41 bits per heavy atom. The summed E-state index contributed by atoms with van der Waals surface area (Å²) >= 11 is 12.9. The van der Waals surface area contributed by atoms with Crippen LogP contribution in [-0.4, -0.2) is 11.9 Å². The van der Waals surface area contributed by atoms with Gasteiger partial charge in [-0.3, -0.25) is 4.79 Å². The first-order valence-electron chi connectivity index (χ1n) is 9.25. The summed E-state index contributed by atoms with van der Waals surface area (Å²) in [6.45, 7) is 0.386. The Labute approximate surface area is 192 Å². The Kier molecular flexibility index (Phi) is 7.77. The van der Waals surface area contributed by atoms with Gasteiger partial charge >= 0.3 is 0 Å². The average molecular weight is 539 g/mol. The van der Waals surface area contributed by atoms with Crippen LogP contribution in [0.5, 0.6) is 5.75 Å². The molecular weight excluding hydrogens is 520 g/mol. The first-order chi connectivity index (χ1) is 14.0. The Morgan fingerprint density at radius 1 is 1.21 bits per heavy atom. The highest BCUT2D eigenvalue weighted by atomic mass is 79.9. The maximum absolute atomic E-state index is 12.4. The lowest BCUT2D eigenvalue weighted by Gasteiger charge is -2.13. The molecular formula is C22H19Br2ClN2O2. The van der Waals surface area contributed by atoms with Gasteiger partial charge in [-0.25, -0.2) is 0 Å². The Balaban J connectivity index is 1.73. The maximum atomic E-state index is 12.4. The summed E-state index contributed by atoms with van der Waals surface area (Å²) in [4.78, 5) is 12.4. The normalized spacial score (nSPS) is 14.5. The van der Waals surface area contributed by atoms with Crippen LogP contribution in [0.25, 0.3) is 6.08 Å². The molecule has 2 aromatic rings. The second-order valence-electron chi connectivity index (χ2n) is 6.85. The van der Waals surface area contributed by atoms with Crippen molar-refractivity contribution in [2.45, 2.75) is 38.3 Å². The van der Waals surface area contributed by atoms with Gasteiger partial charge in [0.1, 0.15) is 24.0 Å². The summed E-state index contributed by atoms with van der Waals surface area (Å²) in [5.41, 5.74) is 1.80. The second-order valence-corrected chi connectivity index (χ2v) is 9.00. The number of benzene rings is 2. The smallest absolute Gasteiger partial charge is 0.262 e. The first kappa shape index (κ1) is 21.9. The molecule has 4 nitrogen and oxygen atoms in total. The van der Waals surface area contributed by atoms with E-state index in [1.165, 1.54) is 0 Å². The molecule has 0 spiro atoms. The summed E-state index contributed by atoms with van der Waals surface area (Å²) < 4.78 is 7.36. The molecule has 29 heavy (non-hydrogen) atoms. The van der Waals surface area contributed by atoms with Gasteiger partial charge in [0.15, 0.2) is 0 Å². The number of nitrogens with zero attached hydrogens (tertiary/aromatic N) is 1. The van der Waals surface area contributed by atoms with Crippen molar-refractivity contribution in [2.75, 3.05) is 0 Å². The van der Waals surface area contributed by atoms with Crippen LogP contribution < -0.4 is 10.1 Å². The molecule has 7 heteroatoms. The van der Waals surface area contributed by atoms with E-state index in [0.29, 0.717) is 17.4 Å². The maximum Gasteiger partial charge on any atom is 0.262 e. The molecule has 0 unspecified atom stereocenters. The van der Waals surface area contributed by atoms with Crippen LogP contribution in [0.15, 0.2) is 50.9 Å². The predicted molar refractivity (Wildman–Crippen MR) is 122 cm³/mol. The van der Waals surface area contributed by atoms with Crippen molar-refractivity contribution in [3.8, 4) is 11.8 Å². The van der Waals surface area contributed by atoms with Crippen molar-refractivity contribution in [2.24, 2.45) is 0 Å². The molecule has 0 bridgehead atoms. The Hall–Kier alpha value is -1.81. The van der Waals surface area contributed by atoms with Crippen LogP contribution in [0, 0.1) is 11.3 Å². The molecule has 0 saturated heterocycles. The molecule has 3 rings (SSSR count). The molecule has 1 saturated carbocycles. The number of nitrogens with one attached hydrogen (secondary N) is 1. The second kappa shape index (κ2) is 10.3. The van der Waals surface area contributed by atoms with Crippen LogP contribution >= 0.6 is 43.5 Å². The summed E-state index contributed by atoms with van der Waals surface area (Å²) in [6.07, 6.45) is 5.77. The van der Waals surface area contributed by atoms with Gasteiger partial charge in [-0.05, 0) is 86.2 Å². The minimum Gasteiger partial charge on any atom is -0.487 e. The van der Waals surface area contributed by atoms with Gasteiger partial charge in [-0.15, -0.1) is 0 Å². The number of rotatable bonds is 6. The van der Waals surface area contributed by atoms with Gasteiger partial charge in [0.2, 0.25) is 0 Å². The zero-order valence-corrected chi connectivity index (χ0v) is 19.5. The summed E-state index contributed by atoms with van der Waals surface area (Å²) in [5.74, 6) is 0.320. The number of hydrogen-bond donors (Lipinski definition) is 1. The fourth-order valence-electron chi connectivity index (χ4n) is 3.19. The monoisotopic (exact) mass is 536 g/mol. The van der Waals surface area contributed by atoms with Gasteiger partial charge in [0.05, 0.1) is 8.95 Å². The number of halogens is 3. The highest BCUT2D eigenvalue weighted by molar-refractivity contribution is 9.11. The third kappa shape index (κ3) is 6.08. The lowest BCUT2D eigenvalue weighted by atomic mass is 10.1. The van der Waals surface area contributed by atoms with Gasteiger partial charge in [0.25, 0.3) is 5.91 Å². The zero-order chi connectivity index (χ0) is 20.8. The standard InChI is InChI=1S/C22H19Br2ClN2O2/c23-19-10-15(9-16(12-26)22(28)27-18-3-1-2-4-18)11-20(24)21(19)29-13-14-5-7-17(25)8-6-14/h5-11,18H,1-4,13H2,(H,27,28)/b16-9-. The van der Waals surface area contributed by atoms with E-state index in [2.05, 4.69) is 37.2 Å². The molecule has 0 atom stereocenters. The molecule has 1 fully saturated rings. The van der Waals surface area contributed by atoms with Crippen LogP contribution in [0.2, 0.25) is 5.02 Å². The van der Waals surface area contributed by atoms with Crippen molar-refractivity contribution in [3.05, 3.63) is 67.1 Å². The summed E-state index contributed by atoms with van der Waals surface area (Å²) in [5, 5.41) is 13.0. The van der Waals surface area contributed by atoms with E-state index < -0.39 is 0 Å². The number of carbonyl (C=O) groups excluding carboxylic acids is 1. The Bertz CT molecular complexity index is 939. The molecule has 1 aliphatic rings. The zero-order valence-electron chi connectivity index (χ0n) is 15.6. The molecule has 0 radical (unpaired) electrons. The van der Waals surface area contributed by atoms with Gasteiger partial charge in [-0.1, -0.05) is 36.6 Å². The van der Waals surface area contributed by atoms with Crippen LogP contribution in [0.1, 0.15) is 36.8 Å². The number of nitriles is 1. The largest absolute Gasteiger partial charge is 0.487 e. The first-order valence-corrected chi connectivity index (χ1v) is 11.2. The average Bonchev–Trinajstić information content (AvgIpc) is 3.19. The number of carbonyl (C=O) groups is 1. The van der Waals surface area contributed by atoms with Gasteiger partial charge in [-0.2, -0.15) is 5.26 Å². The third-order valence-corrected chi connectivity index (χ3v) is 6.11. The number of ether oxygens (including phenoxy) is 1. The van der Waals surface area contributed by atoms with Crippen LogP contribution in [0.4, 0.5) is 0 Å². The minimum atomic E-state index is -0.324. The molecule has 0 heterocycles. The fourth-order valence-corrected chi connectivity index (χ4v) is 4.76. The van der Waals surface area contributed by atoms with Crippen LogP contribution in [-0.2, 0) is 11.4 Å². The van der Waals surface area contributed by atoms with E-state index in [9.17, 15) is 10.1 Å². The predicted octanol–water partition coefficient (Wildman–Crippen LogP) is 6.41. The number of hydrogen-bond acceptors (Lipinski definition) is 3. The minimum absolute atomic E-state index is 0.0885. The van der Waals surface area contributed by atoms with E-state index in [1.807, 2.05) is 42.5 Å². The highest BCUT2D eigenvalue weighted by Gasteiger charge is 2.19. The molecule has 0 aliphatic heterocycles. The van der Waals surface area contributed by atoms with Crippen molar-refractivity contribution in [1.29, 1.82) is 5.26 Å². The van der Waals surface area contributed by atoms with Crippen molar-refractivity contribution in [3.63, 3.8) is 0 Å². The van der Waals surface area contributed by atoms with E-state index in [4.69, 9.17) is 16.3 Å². The lowest BCUT2D eigenvalue weighted by molar-refractivity contribution is -0.117. The molecule has 2 aromatic carbocycles. The van der Waals surface area contributed by atoms with E-state index in [-0.39, 0.29) is 17.5 Å². The van der Waals surface area contributed by atoms with Crippen LogP contribution in [0.3, 0.4) is 0 Å². The highest BCUT2D eigenvalue weighted by Crippen LogP contribution is 2.36. The van der Waals surface area contributed by atoms with Crippen molar-refractivity contribution in [1.82, 2.24) is 5.32 Å². The topological polar surface area (TPSA) is 62.1 Å². The van der Waals surface area contributed by atoms with Crippen molar-refractivity contribution >= 4 is 55.4 Å². The fraction of sp³-hybridized carbons (Fsp3) is 0.273. The van der Waals surface area contributed by atoms with Gasteiger partial charge < -0.3 is 10.1 Å². The van der Waals surface area contributed by atoms with Crippen molar-refractivity contribution < 1.29 is 9.53 Å². The molecule has 1 aliphatic carbocycles. The third-order valence-electron chi connectivity index (χ3n) is 4.68. The molecule has 1 amide bonds. The van der Waals surface area contributed by atoms with E-state index in [1.54, 1.807) is 6.08 Å². The quantitative estimate of drug-likeness (QED) is 0.342. The van der Waals surface area contributed by atoms with E-state index in [0.717, 1.165) is 45.8 Å². The Morgan fingerprint density at radius 2 is 1.83 bits per heavy atom. The molecule has 150 valence electrons. The summed E-state index contributed by atoms with van der Waals surface area (Å²) in [6, 6.07) is 13.3. The number of amides is 1.